The van der Waals surface area contributed by atoms with Crippen LogP contribution in [0.1, 0.15) is 53.6 Å². The van der Waals surface area contributed by atoms with Crippen molar-refractivity contribution in [1.29, 1.82) is 0 Å². The molecule has 36 heavy (non-hydrogen) atoms. The molecule has 3 aromatic carbocycles. The van der Waals surface area contributed by atoms with E-state index in [4.69, 9.17) is 0 Å². The largest absolute Gasteiger partial charge is 0.360 e. The van der Waals surface area contributed by atoms with Crippen LogP contribution in [0.4, 0.5) is 5.69 Å². The van der Waals surface area contributed by atoms with Gasteiger partial charge in [-0.25, -0.2) is 4.99 Å². The number of nitrogens with one attached hydrogen (secondary N) is 2. The number of fused-ring (bicyclic) bond motifs is 2. The van der Waals surface area contributed by atoms with Crippen LogP contribution < -0.4 is 5.32 Å². The Morgan fingerprint density at radius 2 is 1.75 bits per heavy atom. The Hall–Kier alpha value is -3.99. The molecule has 2 aliphatic rings. The first-order valence-electron chi connectivity index (χ1n) is 12.8. The minimum Gasteiger partial charge on any atom is -0.360 e. The number of H-pyrrole nitrogens is 1. The van der Waals surface area contributed by atoms with Gasteiger partial charge >= 0.3 is 0 Å². The van der Waals surface area contributed by atoms with Crippen molar-refractivity contribution in [2.24, 2.45) is 10.9 Å². The van der Waals surface area contributed by atoms with Crippen LogP contribution in [0.3, 0.4) is 0 Å². The van der Waals surface area contributed by atoms with E-state index in [1.807, 2.05) is 24.4 Å². The van der Waals surface area contributed by atoms with Crippen molar-refractivity contribution < 1.29 is 9.59 Å². The standard InChI is InChI=1S/C31H29N3O2/c35-29(9-5-4-8-20-6-2-1-3-7-20)26-19-32-28-15-13-23(17-25(26)28)22-12-14-27-24(16-22)18-30(33-27)34-31(36)21-10-11-21/h1-3,6-7,12-17,19,21,32H,4-5,8-11,18H2,(H,33,34,36). The zero-order valence-corrected chi connectivity index (χ0v) is 20.2. The molecule has 0 radical (unpaired) electrons. The van der Waals surface area contributed by atoms with Crippen molar-refractivity contribution in [1.82, 2.24) is 10.3 Å². The average molecular weight is 476 g/mol. The van der Waals surface area contributed by atoms with Gasteiger partial charge in [-0.1, -0.05) is 42.5 Å². The molecule has 2 N–H and O–H groups in total. The molecule has 5 nitrogen and oxygen atoms in total. The number of aromatic nitrogens is 1. The third-order valence-electron chi connectivity index (χ3n) is 7.19. The number of carbonyl (C=O) groups is 2. The highest BCUT2D eigenvalue weighted by Gasteiger charge is 2.31. The van der Waals surface area contributed by atoms with E-state index in [1.165, 1.54) is 5.56 Å². The number of hydrogen-bond donors (Lipinski definition) is 2. The summed E-state index contributed by atoms with van der Waals surface area (Å²) in [7, 11) is 0. The van der Waals surface area contributed by atoms with E-state index < -0.39 is 0 Å². The molecule has 0 bridgehead atoms. The fourth-order valence-corrected chi connectivity index (χ4v) is 4.97. The predicted molar refractivity (Wildman–Crippen MR) is 144 cm³/mol. The van der Waals surface area contributed by atoms with Crippen LogP contribution in [0.2, 0.25) is 0 Å². The summed E-state index contributed by atoms with van der Waals surface area (Å²) in [5.74, 6) is 1.18. The highest BCUT2D eigenvalue weighted by atomic mass is 16.2. The maximum absolute atomic E-state index is 13.0. The lowest BCUT2D eigenvalue weighted by molar-refractivity contribution is -0.120. The molecule has 1 aliphatic carbocycles. The Balaban J connectivity index is 1.14. The molecule has 6 rings (SSSR count). The van der Waals surface area contributed by atoms with Crippen LogP contribution in [-0.2, 0) is 17.6 Å². The number of amidine groups is 1. The number of amides is 1. The van der Waals surface area contributed by atoms with Gasteiger partial charge in [-0.05, 0) is 78.6 Å². The predicted octanol–water partition coefficient (Wildman–Crippen LogP) is 6.54. The zero-order valence-electron chi connectivity index (χ0n) is 20.2. The number of unbranched alkanes of at least 4 members (excludes halogenated alkanes) is 1. The first kappa shape index (κ1) is 22.5. The number of nitrogens with zero attached hydrogens (tertiary/aromatic N) is 1. The van der Waals surface area contributed by atoms with Gasteiger partial charge in [0.15, 0.2) is 5.78 Å². The molecule has 1 fully saturated rings. The molecule has 5 heteroatoms. The molecule has 0 spiro atoms. The lowest BCUT2D eigenvalue weighted by Gasteiger charge is -2.06. The fourth-order valence-electron chi connectivity index (χ4n) is 4.97. The molecule has 4 aromatic rings. The normalized spacial score (nSPS) is 14.5. The van der Waals surface area contributed by atoms with Crippen LogP contribution in [-0.4, -0.2) is 22.5 Å². The van der Waals surface area contributed by atoms with Gasteiger partial charge in [0.25, 0.3) is 0 Å². The number of aliphatic imine (C=N–C) groups is 1. The lowest BCUT2D eigenvalue weighted by Crippen LogP contribution is -2.31. The van der Waals surface area contributed by atoms with Gasteiger partial charge in [0.2, 0.25) is 5.91 Å². The summed E-state index contributed by atoms with van der Waals surface area (Å²) in [6.45, 7) is 0. The smallest absolute Gasteiger partial charge is 0.228 e. The van der Waals surface area contributed by atoms with Crippen molar-refractivity contribution >= 4 is 34.1 Å². The molecular formula is C31H29N3O2. The van der Waals surface area contributed by atoms with Crippen molar-refractivity contribution in [3.8, 4) is 11.1 Å². The molecule has 1 saturated carbocycles. The molecule has 2 heterocycles. The van der Waals surface area contributed by atoms with Crippen molar-refractivity contribution in [3.05, 3.63) is 89.6 Å². The third-order valence-corrected chi connectivity index (χ3v) is 7.19. The molecule has 0 saturated heterocycles. The molecule has 180 valence electrons. The van der Waals surface area contributed by atoms with Crippen LogP contribution in [0.5, 0.6) is 0 Å². The van der Waals surface area contributed by atoms with Crippen LogP contribution in [0.15, 0.2) is 77.9 Å². The number of benzene rings is 3. The number of ketones is 1. The van der Waals surface area contributed by atoms with E-state index in [2.05, 4.69) is 63.8 Å². The van der Waals surface area contributed by atoms with E-state index in [9.17, 15) is 9.59 Å². The highest BCUT2D eigenvalue weighted by molar-refractivity contribution is 6.09. The second-order valence-electron chi connectivity index (χ2n) is 9.92. The van der Waals surface area contributed by atoms with E-state index in [-0.39, 0.29) is 17.6 Å². The molecule has 0 unspecified atom stereocenters. The van der Waals surface area contributed by atoms with Crippen molar-refractivity contribution in [2.45, 2.75) is 44.9 Å². The Morgan fingerprint density at radius 3 is 2.58 bits per heavy atom. The van der Waals surface area contributed by atoms with Gasteiger partial charge < -0.3 is 10.3 Å². The number of aromatic amines is 1. The third kappa shape index (κ3) is 4.74. The molecule has 0 atom stereocenters. The first-order valence-corrected chi connectivity index (χ1v) is 12.8. The van der Waals surface area contributed by atoms with E-state index in [1.54, 1.807) is 0 Å². The molecule has 1 amide bonds. The number of aryl methyl sites for hydroxylation is 1. The average Bonchev–Trinajstić information content (AvgIpc) is 3.55. The lowest BCUT2D eigenvalue weighted by atomic mass is 9.97. The molecular weight excluding hydrogens is 446 g/mol. The number of rotatable bonds is 8. The maximum atomic E-state index is 13.0. The summed E-state index contributed by atoms with van der Waals surface area (Å²) < 4.78 is 0. The Labute approximate surface area is 210 Å². The van der Waals surface area contributed by atoms with Gasteiger partial charge in [0.05, 0.1) is 5.69 Å². The Morgan fingerprint density at radius 1 is 0.944 bits per heavy atom. The van der Waals surface area contributed by atoms with Crippen LogP contribution in [0, 0.1) is 5.92 Å². The minimum atomic E-state index is 0.0944. The van der Waals surface area contributed by atoms with Gasteiger partial charge in [0.1, 0.15) is 5.84 Å². The van der Waals surface area contributed by atoms with E-state index in [0.717, 1.165) is 76.8 Å². The topological polar surface area (TPSA) is 74.3 Å². The zero-order chi connectivity index (χ0) is 24.5. The Kier molecular flexibility index (Phi) is 5.98. The van der Waals surface area contributed by atoms with Gasteiger partial charge in [-0.3, -0.25) is 9.59 Å². The maximum Gasteiger partial charge on any atom is 0.228 e. The first-order chi connectivity index (χ1) is 17.6. The summed E-state index contributed by atoms with van der Waals surface area (Å²) in [5.41, 5.74) is 7.24. The second kappa shape index (κ2) is 9.57. The SMILES string of the molecule is O=C(CCCCc1ccccc1)c1c[nH]c2ccc(-c3ccc4c(c3)CC(NC(=O)C3CC3)=N4)cc12. The van der Waals surface area contributed by atoms with Gasteiger partial charge in [-0.2, -0.15) is 0 Å². The summed E-state index contributed by atoms with van der Waals surface area (Å²) in [5, 5.41) is 3.95. The number of Topliss-reactive ketones (excluding diaryl/α,β-unsaturated/α-hetero) is 1. The van der Waals surface area contributed by atoms with Gasteiger partial charge in [-0.15, -0.1) is 0 Å². The summed E-state index contributed by atoms with van der Waals surface area (Å²) in [6, 6.07) is 22.9. The summed E-state index contributed by atoms with van der Waals surface area (Å²) >= 11 is 0. The van der Waals surface area contributed by atoms with Gasteiger partial charge in [0, 0.05) is 41.4 Å². The van der Waals surface area contributed by atoms with Crippen LogP contribution >= 0.6 is 0 Å². The monoisotopic (exact) mass is 475 g/mol. The second-order valence-corrected chi connectivity index (χ2v) is 9.92. The minimum absolute atomic E-state index is 0.0944. The number of hydrogen-bond acceptors (Lipinski definition) is 3. The van der Waals surface area contributed by atoms with E-state index >= 15 is 0 Å². The summed E-state index contributed by atoms with van der Waals surface area (Å²) in [4.78, 5) is 33.0. The van der Waals surface area contributed by atoms with E-state index in [0.29, 0.717) is 12.8 Å². The van der Waals surface area contributed by atoms with Crippen molar-refractivity contribution in [3.63, 3.8) is 0 Å². The molecule has 1 aliphatic heterocycles. The molecule has 1 aromatic heterocycles. The highest BCUT2D eigenvalue weighted by Crippen LogP contribution is 2.34. The summed E-state index contributed by atoms with van der Waals surface area (Å²) in [6.07, 6.45) is 7.88. The fraction of sp³-hybridized carbons (Fsp3) is 0.258. The Bertz CT molecular complexity index is 1480. The quantitative estimate of drug-likeness (QED) is 0.224. The number of carbonyl (C=O) groups excluding carboxylic acids is 2. The van der Waals surface area contributed by atoms with Crippen molar-refractivity contribution in [2.75, 3.05) is 0 Å². The van der Waals surface area contributed by atoms with Crippen LogP contribution in [0.25, 0.3) is 22.0 Å².